The molecule has 1 aromatic rings. The molecule has 2 N–H and O–H groups in total. The Morgan fingerprint density at radius 1 is 1.78 bits per heavy atom. The van der Waals surface area contributed by atoms with Crippen molar-refractivity contribution in [3.8, 4) is 0 Å². The number of hydrogen-bond donors (Lipinski definition) is 2. The monoisotopic (exact) mass is 254 g/mol. The van der Waals surface area contributed by atoms with Crippen molar-refractivity contribution in [3.63, 3.8) is 0 Å². The van der Waals surface area contributed by atoms with Gasteiger partial charge in [0.15, 0.2) is 0 Å². The zero-order valence-corrected chi connectivity index (χ0v) is 10.3. The van der Waals surface area contributed by atoms with Crippen LogP contribution in [0.2, 0.25) is 0 Å². The van der Waals surface area contributed by atoms with Gasteiger partial charge < -0.3 is 10.4 Å². The predicted molar refractivity (Wildman–Crippen MR) is 67.2 cm³/mol. The van der Waals surface area contributed by atoms with Crippen molar-refractivity contribution in [1.82, 2.24) is 15.1 Å². The summed E-state index contributed by atoms with van der Waals surface area (Å²) in [6.45, 7) is 6.26. The maximum Gasteiger partial charge on any atom is 0.306 e. The van der Waals surface area contributed by atoms with Gasteiger partial charge in [0.25, 0.3) is 0 Å². The van der Waals surface area contributed by atoms with E-state index in [1.807, 2.05) is 6.92 Å². The van der Waals surface area contributed by atoms with E-state index in [0.717, 1.165) is 6.42 Å². The predicted octanol–water partition coefficient (Wildman–Crippen LogP) is 0.706. The molecule has 0 aromatic carbocycles. The van der Waals surface area contributed by atoms with Crippen LogP contribution >= 0.6 is 0 Å². The van der Waals surface area contributed by atoms with Gasteiger partial charge in [0, 0.05) is 12.6 Å². The van der Waals surface area contributed by atoms with Gasteiger partial charge in [-0.05, 0) is 13.3 Å². The highest BCUT2D eigenvalue weighted by atomic mass is 16.6. The lowest BCUT2D eigenvalue weighted by Gasteiger charge is -2.15. The summed E-state index contributed by atoms with van der Waals surface area (Å²) in [4.78, 5) is 9.94. The quantitative estimate of drug-likeness (QED) is 0.405. The van der Waals surface area contributed by atoms with Crippen LogP contribution in [0.5, 0.6) is 0 Å². The molecule has 0 aliphatic heterocycles. The van der Waals surface area contributed by atoms with E-state index in [-0.39, 0.29) is 18.3 Å². The Labute approximate surface area is 105 Å². The van der Waals surface area contributed by atoms with Crippen molar-refractivity contribution < 1.29 is 10.0 Å². The van der Waals surface area contributed by atoms with Gasteiger partial charge >= 0.3 is 5.69 Å². The summed E-state index contributed by atoms with van der Waals surface area (Å²) in [5.74, 6) is 0. The third-order valence-corrected chi connectivity index (χ3v) is 2.45. The first-order valence-electron chi connectivity index (χ1n) is 5.72. The lowest BCUT2D eigenvalue weighted by Crippen LogP contribution is -2.35. The van der Waals surface area contributed by atoms with Gasteiger partial charge in [-0.1, -0.05) is 6.08 Å². The first-order valence-corrected chi connectivity index (χ1v) is 5.72. The number of rotatable bonds is 8. The number of aliphatic hydroxyl groups excluding tert-OH is 1. The second kappa shape index (κ2) is 6.87. The van der Waals surface area contributed by atoms with E-state index >= 15 is 0 Å². The van der Waals surface area contributed by atoms with Crippen LogP contribution in [0.4, 0.5) is 5.69 Å². The van der Waals surface area contributed by atoms with Crippen LogP contribution in [0.15, 0.2) is 25.0 Å². The van der Waals surface area contributed by atoms with E-state index < -0.39 is 11.0 Å². The largest absolute Gasteiger partial charge is 0.390 e. The number of aliphatic hydroxyl groups is 1. The summed E-state index contributed by atoms with van der Waals surface area (Å²) in [6.07, 6.45) is 4.45. The molecule has 18 heavy (non-hydrogen) atoms. The first kappa shape index (κ1) is 14.3. The molecule has 0 amide bonds. The Morgan fingerprint density at radius 3 is 3.06 bits per heavy atom. The van der Waals surface area contributed by atoms with Crippen molar-refractivity contribution in [2.75, 3.05) is 6.54 Å². The lowest BCUT2D eigenvalue weighted by atomic mass is 10.2. The number of nitro groups is 1. The standard InChI is InChI=1S/C11H18N4O3/c1-3-4-9(2)12-6-11(16)8-14-7-10(5-13-14)15(17)18/h3,5,7,9,11-12,16H,1,4,6,8H2,2H3. The lowest BCUT2D eigenvalue weighted by molar-refractivity contribution is -0.385. The van der Waals surface area contributed by atoms with Crippen LogP contribution < -0.4 is 5.32 Å². The van der Waals surface area contributed by atoms with E-state index in [2.05, 4.69) is 17.0 Å². The molecule has 0 spiro atoms. The summed E-state index contributed by atoms with van der Waals surface area (Å²) < 4.78 is 1.36. The molecule has 0 aliphatic carbocycles. The molecule has 7 heteroatoms. The molecule has 0 fully saturated rings. The van der Waals surface area contributed by atoms with Gasteiger partial charge in [-0.25, -0.2) is 0 Å². The fourth-order valence-electron chi connectivity index (χ4n) is 1.50. The molecule has 1 heterocycles. The van der Waals surface area contributed by atoms with Gasteiger partial charge in [0.1, 0.15) is 12.4 Å². The number of aromatic nitrogens is 2. The van der Waals surface area contributed by atoms with E-state index in [1.165, 1.54) is 17.1 Å². The summed E-state index contributed by atoms with van der Waals surface area (Å²) in [5.41, 5.74) is -0.0739. The van der Waals surface area contributed by atoms with E-state index in [4.69, 9.17) is 0 Å². The van der Waals surface area contributed by atoms with Gasteiger partial charge in [-0.3, -0.25) is 14.8 Å². The van der Waals surface area contributed by atoms with E-state index in [9.17, 15) is 15.2 Å². The molecule has 0 bridgehead atoms. The zero-order chi connectivity index (χ0) is 13.5. The summed E-state index contributed by atoms with van der Waals surface area (Å²) in [6, 6.07) is 0.240. The number of nitrogens with one attached hydrogen (secondary N) is 1. The van der Waals surface area contributed by atoms with Crippen LogP contribution in [-0.2, 0) is 6.54 Å². The molecule has 2 atom stereocenters. The normalized spacial score (nSPS) is 14.1. The fourth-order valence-corrected chi connectivity index (χ4v) is 1.50. The van der Waals surface area contributed by atoms with E-state index in [0.29, 0.717) is 6.54 Å². The minimum absolute atomic E-state index is 0.0739. The minimum Gasteiger partial charge on any atom is -0.390 e. The second-order valence-electron chi connectivity index (χ2n) is 4.17. The number of nitrogens with zero attached hydrogens (tertiary/aromatic N) is 3. The maximum atomic E-state index is 10.5. The van der Waals surface area contributed by atoms with Crippen LogP contribution in [0.3, 0.4) is 0 Å². The Bertz CT molecular complexity index is 405. The highest BCUT2D eigenvalue weighted by Crippen LogP contribution is 2.08. The average molecular weight is 254 g/mol. The van der Waals surface area contributed by atoms with E-state index in [1.54, 1.807) is 6.08 Å². The van der Waals surface area contributed by atoms with Gasteiger partial charge in [-0.2, -0.15) is 5.10 Å². The molecule has 1 rings (SSSR count). The highest BCUT2D eigenvalue weighted by Gasteiger charge is 2.12. The summed E-state index contributed by atoms with van der Waals surface area (Å²) in [5, 5.41) is 27.2. The molecular weight excluding hydrogens is 236 g/mol. The zero-order valence-electron chi connectivity index (χ0n) is 10.3. The van der Waals surface area contributed by atoms with Gasteiger partial charge in [-0.15, -0.1) is 6.58 Å². The first-order chi connectivity index (χ1) is 8.52. The Hall–Kier alpha value is -1.73. The fraction of sp³-hybridized carbons (Fsp3) is 0.545. The average Bonchev–Trinajstić information content (AvgIpc) is 2.75. The van der Waals surface area contributed by atoms with Crippen LogP contribution in [0.25, 0.3) is 0 Å². The Kier molecular flexibility index (Phi) is 5.47. The second-order valence-corrected chi connectivity index (χ2v) is 4.17. The van der Waals surface area contributed by atoms with Gasteiger partial charge in [0.2, 0.25) is 0 Å². The molecule has 2 unspecified atom stereocenters. The van der Waals surface area contributed by atoms with Crippen molar-refractivity contribution in [1.29, 1.82) is 0 Å². The van der Waals surface area contributed by atoms with Crippen molar-refractivity contribution in [3.05, 3.63) is 35.2 Å². The van der Waals surface area contributed by atoms with Gasteiger partial charge in [0.05, 0.1) is 17.6 Å². The Balaban J connectivity index is 2.36. The van der Waals surface area contributed by atoms with Crippen LogP contribution in [0.1, 0.15) is 13.3 Å². The molecule has 100 valence electrons. The SMILES string of the molecule is C=CCC(C)NCC(O)Cn1cc([N+](=O)[O-])cn1. The third-order valence-electron chi connectivity index (χ3n) is 2.45. The van der Waals surface area contributed by atoms with Crippen LogP contribution in [-0.4, -0.2) is 38.5 Å². The summed E-state index contributed by atoms with van der Waals surface area (Å²) >= 11 is 0. The smallest absolute Gasteiger partial charge is 0.306 e. The number of hydrogen-bond acceptors (Lipinski definition) is 5. The molecule has 0 radical (unpaired) electrons. The van der Waals surface area contributed by atoms with Crippen LogP contribution in [0, 0.1) is 10.1 Å². The molecule has 1 aromatic heterocycles. The Morgan fingerprint density at radius 2 is 2.50 bits per heavy atom. The minimum atomic E-state index is -0.642. The maximum absolute atomic E-state index is 10.5. The summed E-state index contributed by atoms with van der Waals surface area (Å²) in [7, 11) is 0. The molecule has 0 saturated carbocycles. The topological polar surface area (TPSA) is 93.2 Å². The molecule has 0 saturated heterocycles. The highest BCUT2D eigenvalue weighted by molar-refractivity contribution is 5.20. The third kappa shape index (κ3) is 4.64. The molecule has 7 nitrogen and oxygen atoms in total. The molecule has 0 aliphatic rings. The van der Waals surface area contributed by atoms with Crippen molar-refractivity contribution >= 4 is 5.69 Å². The van der Waals surface area contributed by atoms with Crippen molar-refractivity contribution in [2.24, 2.45) is 0 Å². The molecular formula is C11H18N4O3. The van der Waals surface area contributed by atoms with Crippen molar-refractivity contribution in [2.45, 2.75) is 32.0 Å².